The Balaban J connectivity index is 1.85. The summed E-state index contributed by atoms with van der Waals surface area (Å²) in [7, 11) is 0. The summed E-state index contributed by atoms with van der Waals surface area (Å²) in [5.41, 5.74) is 2.03. The first kappa shape index (κ1) is 16.7. The van der Waals surface area contributed by atoms with Gasteiger partial charge in [-0.25, -0.2) is 0 Å². The predicted octanol–water partition coefficient (Wildman–Crippen LogP) is 3.59. The van der Waals surface area contributed by atoms with Crippen LogP contribution in [-0.4, -0.2) is 16.9 Å². The van der Waals surface area contributed by atoms with Crippen molar-refractivity contribution < 1.29 is 9.53 Å². The van der Waals surface area contributed by atoms with Crippen LogP contribution in [0.5, 0.6) is 5.75 Å². The van der Waals surface area contributed by atoms with Crippen molar-refractivity contribution in [2.24, 2.45) is 0 Å². The SMILES string of the molecule is CCC(C)NC(=O)/C=C/c1ccc(OCc2ccncc2)cc1. The third-order valence-electron chi connectivity index (χ3n) is 3.46. The number of carbonyl (C=O) groups is 1. The minimum absolute atomic E-state index is 0.0719. The fourth-order valence-electron chi connectivity index (χ4n) is 1.89. The van der Waals surface area contributed by atoms with Crippen molar-refractivity contribution in [2.45, 2.75) is 32.9 Å². The molecule has 1 amide bonds. The zero-order valence-corrected chi connectivity index (χ0v) is 13.5. The molecule has 2 rings (SSSR count). The van der Waals surface area contributed by atoms with E-state index in [1.165, 1.54) is 0 Å². The summed E-state index contributed by atoms with van der Waals surface area (Å²) in [6.45, 7) is 4.54. The Labute approximate surface area is 137 Å². The van der Waals surface area contributed by atoms with Gasteiger partial charge in [-0.15, -0.1) is 0 Å². The van der Waals surface area contributed by atoms with Crippen LogP contribution in [-0.2, 0) is 11.4 Å². The maximum atomic E-state index is 11.7. The molecule has 4 heteroatoms. The molecule has 0 spiro atoms. The first-order chi connectivity index (χ1) is 11.2. The number of hydrogen-bond acceptors (Lipinski definition) is 3. The van der Waals surface area contributed by atoms with Crippen molar-refractivity contribution >= 4 is 12.0 Å². The molecule has 1 unspecified atom stereocenters. The molecule has 0 saturated carbocycles. The topological polar surface area (TPSA) is 51.2 Å². The highest BCUT2D eigenvalue weighted by Gasteiger charge is 2.01. The standard InChI is InChI=1S/C19H22N2O2/c1-3-15(2)21-19(22)9-6-16-4-7-18(8-5-16)23-14-17-10-12-20-13-11-17/h4-13,15H,3,14H2,1-2H3,(H,21,22)/b9-6+. The average Bonchev–Trinajstić information content (AvgIpc) is 2.60. The molecule has 0 aliphatic heterocycles. The molecule has 0 radical (unpaired) electrons. The number of pyridine rings is 1. The van der Waals surface area contributed by atoms with E-state index in [4.69, 9.17) is 4.74 Å². The highest BCUT2D eigenvalue weighted by atomic mass is 16.5. The molecule has 0 aliphatic carbocycles. The third kappa shape index (κ3) is 5.94. The quantitative estimate of drug-likeness (QED) is 0.795. The van der Waals surface area contributed by atoms with Gasteiger partial charge >= 0.3 is 0 Å². The van der Waals surface area contributed by atoms with E-state index >= 15 is 0 Å². The monoisotopic (exact) mass is 310 g/mol. The number of amides is 1. The molecule has 0 fully saturated rings. The molecular weight excluding hydrogens is 288 g/mol. The van der Waals surface area contributed by atoms with E-state index in [-0.39, 0.29) is 11.9 Å². The van der Waals surface area contributed by atoms with Crippen LogP contribution in [0.3, 0.4) is 0 Å². The third-order valence-corrected chi connectivity index (χ3v) is 3.46. The molecular formula is C19H22N2O2. The van der Waals surface area contributed by atoms with E-state index in [1.54, 1.807) is 24.5 Å². The van der Waals surface area contributed by atoms with Gasteiger partial charge in [0.2, 0.25) is 5.91 Å². The van der Waals surface area contributed by atoms with Crippen LogP contribution in [0.2, 0.25) is 0 Å². The van der Waals surface area contributed by atoms with Crippen molar-refractivity contribution in [1.29, 1.82) is 0 Å². The first-order valence-corrected chi connectivity index (χ1v) is 7.77. The Morgan fingerprint density at radius 1 is 1.22 bits per heavy atom. The van der Waals surface area contributed by atoms with Gasteiger partial charge in [0, 0.05) is 24.5 Å². The molecule has 2 aromatic rings. The number of hydrogen-bond donors (Lipinski definition) is 1. The van der Waals surface area contributed by atoms with Gasteiger partial charge in [-0.05, 0) is 54.8 Å². The summed E-state index contributed by atoms with van der Waals surface area (Å²) in [4.78, 5) is 15.7. The van der Waals surface area contributed by atoms with Crippen LogP contribution < -0.4 is 10.1 Å². The number of nitrogens with one attached hydrogen (secondary N) is 1. The number of nitrogens with zero attached hydrogens (tertiary/aromatic N) is 1. The molecule has 0 bridgehead atoms. The normalized spacial score (nSPS) is 12.1. The number of aromatic nitrogens is 1. The largest absolute Gasteiger partial charge is 0.489 e. The molecule has 1 atom stereocenters. The lowest BCUT2D eigenvalue weighted by Gasteiger charge is -2.08. The van der Waals surface area contributed by atoms with Gasteiger partial charge in [-0.1, -0.05) is 19.1 Å². The summed E-state index contributed by atoms with van der Waals surface area (Å²) < 4.78 is 5.71. The van der Waals surface area contributed by atoms with Crippen molar-refractivity contribution in [3.8, 4) is 5.75 Å². The van der Waals surface area contributed by atoms with Crippen LogP contribution in [0.15, 0.2) is 54.9 Å². The first-order valence-electron chi connectivity index (χ1n) is 7.77. The van der Waals surface area contributed by atoms with Crippen LogP contribution in [0, 0.1) is 0 Å². The number of ether oxygens (including phenoxy) is 1. The summed E-state index contributed by atoms with van der Waals surface area (Å²) in [5, 5.41) is 2.89. The van der Waals surface area contributed by atoms with Crippen LogP contribution in [0.25, 0.3) is 6.08 Å². The Kier molecular flexibility index (Phi) is 6.36. The highest BCUT2D eigenvalue weighted by molar-refractivity contribution is 5.91. The minimum atomic E-state index is -0.0719. The van der Waals surface area contributed by atoms with E-state index in [9.17, 15) is 4.79 Å². The van der Waals surface area contributed by atoms with Crippen LogP contribution >= 0.6 is 0 Å². The smallest absolute Gasteiger partial charge is 0.244 e. The average molecular weight is 310 g/mol. The van der Waals surface area contributed by atoms with Gasteiger partial charge in [0.05, 0.1) is 0 Å². The zero-order chi connectivity index (χ0) is 16.5. The van der Waals surface area contributed by atoms with E-state index in [1.807, 2.05) is 50.2 Å². The lowest BCUT2D eigenvalue weighted by Crippen LogP contribution is -2.30. The Morgan fingerprint density at radius 2 is 1.91 bits per heavy atom. The van der Waals surface area contributed by atoms with Crippen LogP contribution in [0.4, 0.5) is 0 Å². The predicted molar refractivity (Wildman–Crippen MR) is 91.9 cm³/mol. The van der Waals surface area contributed by atoms with Crippen molar-refractivity contribution in [3.63, 3.8) is 0 Å². The van der Waals surface area contributed by atoms with Gasteiger partial charge in [-0.3, -0.25) is 9.78 Å². The summed E-state index contributed by atoms with van der Waals surface area (Å²) >= 11 is 0. The Morgan fingerprint density at radius 3 is 2.57 bits per heavy atom. The molecule has 120 valence electrons. The lowest BCUT2D eigenvalue weighted by atomic mass is 10.2. The fourth-order valence-corrected chi connectivity index (χ4v) is 1.89. The zero-order valence-electron chi connectivity index (χ0n) is 13.5. The highest BCUT2D eigenvalue weighted by Crippen LogP contribution is 2.15. The lowest BCUT2D eigenvalue weighted by molar-refractivity contribution is -0.117. The van der Waals surface area contributed by atoms with Crippen molar-refractivity contribution in [2.75, 3.05) is 0 Å². The maximum Gasteiger partial charge on any atom is 0.244 e. The molecule has 1 heterocycles. The fraction of sp³-hybridized carbons (Fsp3) is 0.263. The molecule has 0 saturated heterocycles. The number of carbonyl (C=O) groups excluding carboxylic acids is 1. The molecule has 1 aromatic carbocycles. The van der Waals surface area contributed by atoms with Gasteiger partial charge in [0.25, 0.3) is 0 Å². The van der Waals surface area contributed by atoms with E-state index in [0.29, 0.717) is 6.61 Å². The van der Waals surface area contributed by atoms with E-state index < -0.39 is 0 Å². The minimum Gasteiger partial charge on any atom is -0.489 e. The summed E-state index contributed by atoms with van der Waals surface area (Å²) in [5.74, 6) is 0.723. The Bertz CT molecular complexity index is 636. The summed E-state index contributed by atoms with van der Waals surface area (Å²) in [6.07, 6.45) is 7.76. The maximum absolute atomic E-state index is 11.7. The number of rotatable bonds is 7. The second-order valence-corrected chi connectivity index (χ2v) is 5.36. The Hall–Kier alpha value is -2.62. The molecule has 1 aromatic heterocycles. The van der Waals surface area contributed by atoms with Crippen LogP contribution in [0.1, 0.15) is 31.4 Å². The molecule has 23 heavy (non-hydrogen) atoms. The number of benzene rings is 1. The second-order valence-electron chi connectivity index (χ2n) is 5.36. The second kappa shape index (κ2) is 8.73. The van der Waals surface area contributed by atoms with Gasteiger partial charge in [0.15, 0.2) is 0 Å². The van der Waals surface area contributed by atoms with Gasteiger partial charge in [-0.2, -0.15) is 0 Å². The summed E-state index contributed by atoms with van der Waals surface area (Å²) in [6, 6.07) is 11.7. The van der Waals surface area contributed by atoms with Crippen molar-refractivity contribution in [3.05, 3.63) is 66.0 Å². The molecule has 1 N–H and O–H groups in total. The van der Waals surface area contributed by atoms with E-state index in [2.05, 4.69) is 10.3 Å². The van der Waals surface area contributed by atoms with Gasteiger partial charge in [0.1, 0.15) is 12.4 Å². The molecule has 4 nitrogen and oxygen atoms in total. The van der Waals surface area contributed by atoms with Crippen molar-refractivity contribution in [1.82, 2.24) is 10.3 Å². The molecule has 0 aliphatic rings. The van der Waals surface area contributed by atoms with Gasteiger partial charge < -0.3 is 10.1 Å². The van der Waals surface area contributed by atoms with E-state index in [0.717, 1.165) is 23.3 Å².